The minimum Gasteiger partial charge on any atom is -0.465 e. The van der Waals surface area contributed by atoms with Crippen LogP contribution >= 0.6 is 0 Å². The van der Waals surface area contributed by atoms with Crippen LogP contribution in [0, 0.1) is 5.92 Å². The molecule has 6 nitrogen and oxygen atoms in total. The Labute approximate surface area is 136 Å². The number of aromatic nitrogens is 1. The van der Waals surface area contributed by atoms with Gasteiger partial charge in [-0.1, -0.05) is 6.07 Å². The summed E-state index contributed by atoms with van der Waals surface area (Å²) in [5.74, 6) is 1.78. The molecular formula is C17H25N3O3. The first-order valence-electron chi connectivity index (χ1n) is 8.52. The van der Waals surface area contributed by atoms with E-state index in [0.717, 1.165) is 44.5 Å². The fourth-order valence-corrected chi connectivity index (χ4v) is 3.29. The van der Waals surface area contributed by atoms with Crippen molar-refractivity contribution >= 4 is 11.9 Å². The number of fused-ring (bicyclic) bond motifs is 1. The molecule has 126 valence electrons. The van der Waals surface area contributed by atoms with E-state index in [1.807, 2.05) is 0 Å². The van der Waals surface area contributed by atoms with Crippen molar-refractivity contribution in [3.8, 4) is 0 Å². The number of hydrogen-bond acceptors (Lipinski definition) is 4. The van der Waals surface area contributed by atoms with Crippen molar-refractivity contribution in [1.82, 2.24) is 10.3 Å². The molecule has 0 atom stereocenters. The Balaban J connectivity index is 1.32. The predicted octanol–water partition coefficient (Wildman–Crippen LogP) is 2.44. The van der Waals surface area contributed by atoms with E-state index in [-0.39, 0.29) is 0 Å². The van der Waals surface area contributed by atoms with Crippen molar-refractivity contribution in [3.05, 3.63) is 23.4 Å². The average molecular weight is 319 g/mol. The number of nitrogens with one attached hydrogen (secondary N) is 2. The van der Waals surface area contributed by atoms with Crippen molar-refractivity contribution in [1.29, 1.82) is 0 Å². The number of nitrogens with zero attached hydrogens (tertiary/aromatic N) is 1. The van der Waals surface area contributed by atoms with E-state index in [4.69, 9.17) is 14.8 Å². The fourth-order valence-electron chi connectivity index (χ4n) is 3.29. The lowest BCUT2D eigenvalue weighted by Gasteiger charge is -2.35. The number of amides is 1. The van der Waals surface area contributed by atoms with E-state index in [2.05, 4.69) is 22.8 Å². The molecule has 0 unspecified atom stereocenters. The van der Waals surface area contributed by atoms with E-state index in [9.17, 15) is 4.79 Å². The normalized spacial score (nSPS) is 22.6. The van der Waals surface area contributed by atoms with Gasteiger partial charge >= 0.3 is 6.09 Å². The molecule has 0 aromatic carbocycles. The molecule has 23 heavy (non-hydrogen) atoms. The second kappa shape index (κ2) is 7.64. The summed E-state index contributed by atoms with van der Waals surface area (Å²) in [7, 11) is 0. The van der Waals surface area contributed by atoms with Crippen LogP contribution in [0.4, 0.5) is 10.6 Å². The van der Waals surface area contributed by atoms with E-state index >= 15 is 0 Å². The fraction of sp³-hybridized carbons (Fsp3) is 0.647. The maximum Gasteiger partial charge on any atom is 0.404 e. The quantitative estimate of drug-likeness (QED) is 0.672. The van der Waals surface area contributed by atoms with Gasteiger partial charge in [0.15, 0.2) is 0 Å². The van der Waals surface area contributed by atoms with Gasteiger partial charge in [-0.25, -0.2) is 9.78 Å². The Hall–Kier alpha value is -1.82. The van der Waals surface area contributed by atoms with Crippen LogP contribution in [-0.4, -0.2) is 42.0 Å². The van der Waals surface area contributed by atoms with Crippen LogP contribution in [0.25, 0.3) is 0 Å². The zero-order valence-corrected chi connectivity index (χ0v) is 13.4. The summed E-state index contributed by atoms with van der Waals surface area (Å²) in [4.78, 5) is 15.0. The third-order valence-electron chi connectivity index (χ3n) is 4.68. The number of ether oxygens (including phenoxy) is 1. The van der Waals surface area contributed by atoms with Gasteiger partial charge in [-0.15, -0.1) is 0 Å². The summed E-state index contributed by atoms with van der Waals surface area (Å²) in [5.41, 5.74) is 2.51. The molecule has 1 aliphatic carbocycles. The molecule has 1 aliphatic heterocycles. The lowest BCUT2D eigenvalue weighted by atomic mass is 9.79. The molecule has 0 saturated heterocycles. The number of anilines is 1. The molecule has 1 aromatic heterocycles. The summed E-state index contributed by atoms with van der Waals surface area (Å²) in [6.45, 7) is 1.85. The molecule has 1 amide bonds. The smallest absolute Gasteiger partial charge is 0.404 e. The van der Waals surface area contributed by atoms with Crippen molar-refractivity contribution in [2.75, 3.05) is 25.0 Å². The number of rotatable bonds is 7. The summed E-state index contributed by atoms with van der Waals surface area (Å²) >= 11 is 0. The summed E-state index contributed by atoms with van der Waals surface area (Å²) in [6, 6.07) is 4.38. The highest BCUT2D eigenvalue weighted by molar-refractivity contribution is 5.64. The van der Waals surface area contributed by atoms with Crippen LogP contribution < -0.4 is 10.6 Å². The minimum absolute atomic E-state index is 0.300. The van der Waals surface area contributed by atoms with Crippen LogP contribution in [-0.2, 0) is 17.6 Å². The zero-order valence-electron chi connectivity index (χ0n) is 13.4. The molecule has 0 radical (unpaired) electrons. The molecule has 0 bridgehead atoms. The Morgan fingerprint density at radius 2 is 2.30 bits per heavy atom. The van der Waals surface area contributed by atoms with Crippen molar-refractivity contribution in [2.45, 2.75) is 44.6 Å². The molecular weight excluding hydrogens is 294 g/mol. The third-order valence-corrected chi connectivity index (χ3v) is 4.68. The van der Waals surface area contributed by atoms with Gasteiger partial charge in [0.25, 0.3) is 0 Å². The van der Waals surface area contributed by atoms with Crippen molar-refractivity contribution in [3.63, 3.8) is 0 Å². The lowest BCUT2D eigenvalue weighted by Crippen LogP contribution is -2.34. The molecule has 1 fully saturated rings. The number of carbonyl (C=O) groups is 1. The van der Waals surface area contributed by atoms with Gasteiger partial charge in [-0.2, -0.15) is 0 Å². The van der Waals surface area contributed by atoms with Gasteiger partial charge in [0.05, 0.1) is 12.7 Å². The minimum atomic E-state index is -0.993. The summed E-state index contributed by atoms with van der Waals surface area (Å²) in [6.07, 6.45) is 5.97. The Morgan fingerprint density at radius 1 is 1.43 bits per heavy atom. The first kappa shape index (κ1) is 16.1. The Bertz CT molecular complexity index is 544. The van der Waals surface area contributed by atoms with Gasteiger partial charge in [0.2, 0.25) is 0 Å². The first-order chi connectivity index (χ1) is 11.2. The summed E-state index contributed by atoms with van der Waals surface area (Å²) < 4.78 is 5.63. The van der Waals surface area contributed by atoms with Gasteiger partial charge in [0.1, 0.15) is 5.82 Å². The molecule has 1 aromatic rings. The van der Waals surface area contributed by atoms with E-state index in [1.165, 1.54) is 17.7 Å². The van der Waals surface area contributed by atoms with Crippen LogP contribution in [0.15, 0.2) is 12.1 Å². The van der Waals surface area contributed by atoms with Crippen LogP contribution in [0.2, 0.25) is 0 Å². The number of carboxylic acid groups (broad SMARTS) is 1. The maximum atomic E-state index is 10.3. The van der Waals surface area contributed by atoms with Crippen LogP contribution in [0.1, 0.15) is 36.9 Å². The number of aryl methyl sites for hydroxylation is 2. The molecule has 6 heteroatoms. The van der Waals surface area contributed by atoms with Gasteiger partial charge < -0.3 is 20.5 Å². The number of pyridine rings is 1. The van der Waals surface area contributed by atoms with Gasteiger partial charge in [0, 0.05) is 18.8 Å². The first-order valence-corrected chi connectivity index (χ1v) is 8.52. The highest BCUT2D eigenvalue weighted by atomic mass is 16.5. The van der Waals surface area contributed by atoms with Crippen LogP contribution in [0.3, 0.4) is 0 Å². The molecule has 2 aliphatic rings. The average Bonchev–Trinajstić information content (AvgIpc) is 2.51. The molecule has 1 saturated carbocycles. The highest BCUT2D eigenvalue weighted by Crippen LogP contribution is 2.33. The maximum absolute atomic E-state index is 10.3. The SMILES string of the molecule is O=C(O)NCCO[C@H]1C[C@H](CCc2ccc3c(n2)NCCC3)C1. The third kappa shape index (κ3) is 4.58. The predicted molar refractivity (Wildman–Crippen MR) is 87.9 cm³/mol. The van der Waals surface area contributed by atoms with E-state index < -0.39 is 6.09 Å². The largest absolute Gasteiger partial charge is 0.465 e. The van der Waals surface area contributed by atoms with E-state index in [1.54, 1.807) is 0 Å². The second-order valence-electron chi connectivity index (χ2n) is 6.44. The van der Waals surface area contributed by atoms with Gasteiger partial charge in [-0.05, 0) is 56.1 Å². The Morgan fingerprint density at radius 3 is 3.13 bits per heavy atom. The summed E-state index contributed by atoms with van der Waals surface area (Å²) in [5, 5.41) is 14.2. The standard InChI is InChI=1S/C17H25N3O3/c21-17(22)19-8-9-23-15-10-12(11-15)3-5-14-6-4-13-2-1-7-18-16(13)20-14/h4,6,12,15,19H,1-3,5,7-11H2,(H,18,20)(H,21,22)/t12-,15-. The van der Waals surface area contributed by atoms with Crippen molar-refractivity contribution < 1.29 is 14.6 Å². The number of hydrogen-bond donors (Lipinski definition) is 3. The topological polar surface area (TPSA) is 83.5 Å². The lowest BCUT2D eigenvalue weighted by molar-refractivity contribution is -0.0304. The molecule has 2 heterocycles. The monoisotopic (exact) mass is 319 g/mol. The van der Waals surface area contributed by atoms with Crippen molar-refractivity contribution in [2.24, 2.45) is 5.92 Å². The van der Waals surface area contributed by atoms with Crippen LogP contribution in [0.5, 0.6) is 0 Å². The highest BCUT2D eigenvalue weighted by Gasteiger charge is 2.29. The molecule has 0 spiro atoms. The van der Waals surface area contributed by atoms with Gasteiger partial charge in [-0.3, -0.25) is 0 Å². The van der Waals surface area contributed by atoms with E-state index in [0.29, 0.717) is 25.2 Å². The molecule has 3 N–H and O–H groups in total. The zero-order chi connectivity index (χ0) is 16.1. The second-order valence-corrected chi connectivity index (χ2v) is 6.44. The molecule has 3 rings (SSSR count). The Kier molecular flexibility index (Phi) is 5.33.